The van der Waals surface area contributed by atoms with Crippen LogP contribution >= 0.6 is 0 Å². The number of methoxy groups -OCH3 is 1. The zero-order valence-electron chi connectivity index (χ0n) is 19.8. The number of ether oxygens (including phenoxy) is 4. The van der Waals surface area contributed by atoms with E-state index in [1.807, 2.05) is 36.5 Å². The van der Waals surface area contributed by atoms with Crippen molar-refractivity contribution in [3.8, 4) is 5.88 Å². The van der Waals surface area contributed by atoms with Crippen molar-refractivity contribution in [3.63, 3.8) is 0 Å². The number of unbranched alkanes of at least 4 members (excludes halogenated alkanes) is 2. The van der Waals surface area contributed by atoms with Gasteiger partial charge in [-0.3, -0.25) is 4.98 Å². The number of pyridine rings is 2. The number of aryl methyl sites for hydroxylation is 1. The molecule has 0 spiro atoms. The summed E-state index contributed by atoms with van der Waals surface area (Å²) in [6.07, 6.45) is 17.0. The summed E-state index contributed by atoms with van der Waals surface area (Å²) >= 11 is 0. The summed E-state index contributed by atoms with van der Waals surface area (Å²) in [7, 11) is 1.62. The number of nitrogens with zero attached hydrogens (tertiary/aromatic N) is 3. The second kappa shape index (κ2) is 10.6. The third-order valence-electron chi connectivity index (χ3n) is 6.35. The van der Waals surface area contributed by atoms with E-state index >= 15 is 0 Å². The predicted octanol–water partition coefficient (Wildman–Crippen LogP) is 5.53. The van der Waals surface area contributed by atoms with Gasteiger partial charge in [-0.25, -0.2) is 14.7 Å². The van der Waals surface area contributed by atoms with Gasteiger partial charge in [0.05, 0.1) is 24.7 Å². The number of hydrogen-bond donors (Lipinski definition) is 0. The fraction of sp³-hybridized carbons (Fsp3) is 0.370. The molecule has 0 aromatic carbocycles. The molecule has 2 aromatic heterocycles. The summed E-state index contributed by atoms with van der Waals surface area (Å²) in [6, 6.07) is 5.78. The molecule has 1 aliphatic carbocycles. The second-order valence-electron chi connectivity index (χ2n) is 8.74. The first-order valence-electron chi connectivity index (χ1n) is 12.1. The van der Waals surface area contributed by atoms with Crippen molar-refractivity contribution in [3.05, 3.63) is 77.9 Å². The highest BCUT2D eigenvalue weighted by atomic mass is 16.6. The van der Waals surface area contributed by atoms with Crippen LogP contribution in [0.5, 0.6) is 5.88 Å². The molecule has 35 heavy (non-hydrogen) atoms. The maximum Gasteiger partial charge on any atom is 0.417 e. The molecule has 1 fully saturated rings. The van der Waals surface area contributed by atoms with Crippen LogP contribution in [0.1, 0.15) is 44.1 Å². The third kappa shape index (κ3) is 5.31. The number of hydrogen-bond acceptors (Lipinski definition) is 7. The summed E-state index contributed by atoms with van der Waals surface area (Å²) in [6.45, 7) is 0.457. The van der Waals surface area contributed by atoms with Crippen LogP contribution in [-0.2, 0) is 20.6 Å². The molecule has 5 rings (SSSR count). The van der Waals surface area contributed by atoms with E-state index in [0.717, 1.165) is 61.6 Å². The number of carbonyl (C=O) groups is 1. The highest BCUT2D eigenvalue weighted by Gasteiger charge is 2.36. The molecule has 1 atom stereocenters. The normalized spacial score (nSPS) is 19.5. The molecule has 8 nitrogen and oxygen atoms in total. The molecule has 0 N–H and O–H groups in total. The van der Waals surface area contributed by atoms with Crippen molar-refractivity contribution in [2.75, 3.05) is 13.7 Å². The Hall–Kier alpha value is -3.81. The zero-order valence-corrected chi connectivity index (χ0v) is 19.8. The Kier molecular flexibility index (Phi) is 6.97. The van der Waals surface area contributed by atoms with Crippen LogP contribution in [0.15, 0.2) is 72.4 Å². The Morgan fingerprint density at radius 3 is 2.97 bits per heavy atom. The maximum atomic E-state index is 12.5. The van der Waals surface area contributed by atoms with E-state index in [1.165, 1.54) is 16.7 Å². The number of rotatable bonds is 9. The fourth-order valence-electron chi connectivity index (χ4n) is 4.47. The van der Waals surface area contributed by atoms with Crippen LogP contribution in [0.25, 0.3) is 11.0 Å². The van der Waals surface area contributed by atoms with Gasteiger partial charge >= 0.3 is 6.09 Å². The first-order chi connectivity index (χ1) is 17.2. The largest absolute Gasteiger partial charge is 0.481 e. The van der Waals surface area contributed by atoms with E-state index in [4.69, 9.17) is 18.9 Å². The van der Waals surface area contributed by atoms with Crippen molar-refractivity contribution in [1.29, 1.82) is 0 Å². The van der Waals surface area contributed by atoms with Crippen molar-refractivity contribution >= 4 is 17.1 Å². The lowest BCUT2D eigenvalue weighted by Crippen LogP contribution is -2.27. The highest BCUT2D eigenvalue weighted by Crippen LogP contribution is 2.30. The molecule has 0 unspecified atom stereocenters. The molecule has 1 saturated heterocycles. The number of carbonyl (C=O) groups excluding carboxylic acids is 1. The van der Waals surface area contributed by atoms with Crippen molar-refractivity contribution in [2.45, 2.75) is 51.0 Å². The lowest BCUT2D eigenvalue weighted by Gasteiger charge is -2.23. The smallest absolute Gasteiger partial charge is 0.417 e. The van der Waals surface area contributed by atoms with Crippen LogP contribution in [0, 0.1) is 0 Å². The summed E-state index contributed by atoms with van der Waals surface area (Å²) in [4.78, 5) is 22.9. The molecule has 3 aliphatic rings. The Bertz CT molecular complexity index is 1220. The van der Waals surface area contributed by atoms with Gasteiger partial charge in [0.1, 0.15) is 12.4 Å². The molecule has 2 aliphatic heterocycles. The molecule has 182 valence electrons. The number of aromatic nitrogens is 2. The van der Waals surface area contributed by atoms with Crippen molar-refractivity contribution < 1.29 is 23.7 Å². The first kappa shape index (κ1) is 23.0. The molecule has 0 saturated carbocycles. The number of allylic oxidation sites excluding steroid dienone is 4. The predicted molar refractivity (Wildman–Crippen MR) is 130 cm³/mol. The molecule has 1 amide bonds. The van der Waals surface area contributed by atoms with Crippen LogP contribution in [0.4, 0.5) is 4.79 Å². The minimum atomic E-state index is -0.396. The van der Waals surface area contributed by atoms with Gasteiger partial charge in [-0.15, -0.1) is 0 Å². The third-order valence-corrected chi connectivity index (χ3v) is 6.35. The average Bonchev–Trinajstić information content (AvgIpc) is 3.29. The zero-order chi connectivity index (χ0) is 24.0. The van der Waals surface area contributed by atoms with Crippen LogP contribution in [0.3, 0.4) is 0 Å². The van der Waals surface area contributed by atoms with E-state index in [1.54, 1.807) is 13.4 Å². The Labute approximate surface area is 204 Å². The summed E-state index contributed by atoms with van der Waals surface area (Å²) in [5, 5.41) is 0. The molecular formula is C27H29N3O5. The molecular weight excluding hydrogens is 446 g/mol. The lowest BCUT2D eigenvalue weighted by atomic mass is 10.0. The molecule has 0 bridgehead atoms. The average molecular weight is 476 g/mol. The van der Waals surface area contributed by atoms with Gasteiger partial charge in [0, 0.05) is 12.3 Å². The monoisotopic (exact) mass is 475 g/mol. The molecule has 2 aromatic rings. The maximum absolute atomic E-state index is 12.5. The van der Waals surface area contributed by atoms with Gasteiger partial charge in [0.15, 0.2) is 12.0 Å². The van der Waals surface area contributed by atoms with E-state index in [2.05, 4.69) is 16.0 Å². The van der Waals surface area contributed by atoms with Gasteiger partial charge in [-0.1, -0.05) is 24.6 Å². The molecule has 0 radical (unpaired) electrons. The number of fused-ring (bicyclic) bond motifs is 1. The minimum Gasteiger partial charge on any atom is -0.481 e. The number of amides is 1. The van der Waals surface area contributed by atoms with Crippen LogP contribution in [0.2, 0.25) is 0 Å². The van der Waals surface area contributed by atoms with Gasteiger partial charge in [0.25, 0.3) is 0 Å². The Morgan fingerprint density at radius 1 is 1.17 bits per heavy atom. The quantitative estimate of drug-likeness (QED) is 0.441. The van der Waals surface area contributed by atoms with E-state index in [9.17, 15) is 4.79 Å². The Morgan fingerprint density at radius 2 is 2.11 bits per heavy atom. The standard InChI is InChI=1S/C27H29N3O5/c1-32-24-13-12-22-26(29-24)20(14-15-28-22)10-6-3-7-11-21-16-30(27(31)34-21)25-18-33-17-23(35-25)19-8-4-2-5-9-19/h2,4,8,12-15,17-18,21H,3,5-7,9-11,16H2,1H3/t21-/m1/s1. The Balaban J connectivity index is 1.09. The van der Waals surface area contributed by atoms with Crippen LogP contribution in [-0.4, -0.2) is 40.7 Å². The highest BCUT2D eigenvalue weighted by molar-refractivity contribution is 5.78. The number of cyclic esters (lactones) is 1. The molecule has 8 heteroatoms. The molecule has 4 heterocycles. The topological polar surface area (TPSA) is 83.0 Å². The summed E-state index contributed by atoms with van der Waals surface area (Å²) in [5.41, 5.74) is 3.99. The summed E-state index contributed by atoms with van der Waals surface area (Å²) in [5.74, 6) is 1.61. The van der Waals surface area contributed by atoms with Crippen molar-refractivity contribution in [1.82, 2.24) is 14.9 Å². The van der Waals surface area contributed by atoms with Gasteiger partial charge < -0.3 is 18.9 Å². The van der Waals surface area contributed by atoms with Gasteiger partial charge in [-0.05, 0) is 61.8 Å². The minimum absolute atomic E-state index is 0.161. The van der Waals surface area contributed by atoms with E-state index in [0.29, 0.717) is 24.1 Å². The van der Waals surface area contributed by atoms with E-state index in [-0.39, 0.29) is 6.10 Å². The lowest BCUT2D eigenvalue weighted by molar-refractivity contribution is 0.116. The fourth-order valence-corrected chi connectivity index (χ4v) is 4.47. The summed E-state index contributed by atoms with van der Waals surface area (Å²) < 4.78 is 22.3. The second-order valence-corrected chi connectivity index (χ2v) is 8.74. The van der Waals surface area contributed by atoms with Crippen molar-refractivity contribution in [2.24, 2.45) is 0 Å². The van der Waals surface area contributed by atoms with Crippen LogP contribution < -0.4 is 4.74 Å². The van der Waals surface area contributed by atoms with Gasteiger partial charge in [0.2, 0.25) is 11.8 Å². The van der Waals surface area contributed by atoms with Gasteiger partial charge in [-0.2, -0.15) is 0 Å². The van der Waals surface area contributed by atoms with E-state index < -0.39 is 6.09 Å². The first-order valence-corrected chi connectivity index (χ1v) is 12.1. The SMILES string of the molecule is COc1ccc2nccc(CCCCC[C@@H]3CN(C4=COC=C(C5=CC=CCC5)O4)C(=O)O3)c2n1.